The second-order valence-corrected chi connectivity index (χ2v) is 7.32. The van der Waals surface area contributed by atoms with Crippen LogP contribution in [0.4, 0.5) is 10.2 Å². The number of aromatic nitrogens is 4. The predicted molar refractivity (Wildman–Crippen MR) is 114 cm³/mol. The standard InChI is InChI=1S/C22H22FN7/c23-16-5-1-3-14(9-16)11-26-21-18-12-25-8-7-19(18)28-22(29-21)30-20-6-2-4-15(10-24)17(20)13-27-30/h1-6,9,13,25H,7-8,10-12,24H2,(H,26,28,29). The highest BCUT2D eigenvalue weighted by Gasteiger charge is 2.20. The van der Waals surface area contributed by atoms with E-state index in [4.69, 9.17) is 15.7 Å². The molecule has 0 saturated heterocycles. The van der Waals surface area contributed by atoms with Gasteiger partial charge in [-0.2, -0.15) is 14.8 Å². The van der Waals surface area contributed by atoms with Crippen LogP contribution in [0.25, 0.3) is 16.9 Å². The molecule has 1 aliphatic rings. The summed E-state index contributed by atoms with van der Waals surface area (Å²) in [5.41, 5.74) is 10.7. The molecule has 2 aromatic carbocycles. The Hall–Kier alpha value is -3.36. The summed E-state index contributed by atoms with van der Waals surface area (Å²) in [6.45, 7) is 2.47. The van der Waals surface area contributed by atoms with E-state index >= 15 is 0 Å². The lowest BCUT2D eigenvalue weighted by Crippen LogP contribution is -2.27. The van der Waals surface area contributed by atoms with Gasteiger partial charge in [-0.15, -0.1) is 0 Å². The number of anilines is 1. The average Bonchev–Trinajstić information content (AvgIpc) is 3.21. The monoisotopic (exact) mass is 403 g/mol. The third-order valence-corrected chi connectivity index (χ3v) is 5.38. The van der Waals surface area contributed by atoms with Crippen LogP contribution >= 0.6 is 0 Å². The van der Waals surface area contributed by atoms with E-state index in [1.165, 1.54) is 12.1 Å². The third kappa shape index (κ3) is 3.40. The van der Waals surface area contributed by atoms with Crippen LogP contribution in [0.5, 0.6) is 0 Å². The third-order valence-electron chi connectivity index (χ3n) is 5.38. The minimum absolute atomic E-state index is 0.250. The Morgan fingerprint density at radius 1 is 1.17 bits per heavy atom. The number of hydrogen-bond donors (Lipinski definition) is 3. The van der Waals surface area contributed by atoms with Gasteiger partial charge in [0.05, 0.1) is 17.4 Å². The molecular formula is C22H22FN7. The van der Waals surface area contributed by atoms with Crippen molar-refractivity contribution < 1.29 is 4.39 Å². The summed E-state index contributed by atoms with van der Waals surface area (Å²) >= 11 is 0. The largest absolute Gasteiger partial charge is 0.366 e. The van der Waals surface area contributed by atoms with Crippen LogP contribution in [-0.2, 0) is 26.1 Å². The molecule has 0 spiro atoms. The summed E-state index contributed by atoms with van der Waals surface area (Å²) in [6.07, 6.45) is 2.62. The number of nitrogens with one attached hydrogen (secondary N) is 2. The van der Waals surface area contributed by atoms with E-state index in [1.54, 1.807) is 10.7 Å². The predicted octanol–water partition coefficient (Wildman–Crippen LogP) is 2.67. The molecule has 3 heterocycles. The fourth-order valence-electron chi connectivity index (χ4n) is 3.85. The molecule has 0 saturated carbocycles. The van der Waals surface area contributed by atoms with Crippen LogP contribution in [0.3, 0.4) is 0 Å². The summed E-state index contributed by atoms with van der Waals surface area (Å²) < 4.78 is 15.3. The van der Waals surface area contributed by atoms with E-state index in [-0.39, 0.29) is 5.82 Å². The van der Waals surface area contributed by atoms with Gasteiger partial charge in [-0.3, -0.25) is 0 Å². The van der Waals surface area contributed by atoms with Crippen LogP contribution in [-0.4, -0.2) is 26.3 Å². The second kappa shape index (κ2) is 7.81. The van der Waals surface area contributed by atoms with E-state index in [9.17, 15) is 4.39 Å². The van der Waals surface area contributed by atoms with Gasteiger partial charge in [-0.05, 0) is 29.3 Å². The van der Waals surface area contributed by atoms with E-state index in [1.807, 2.05) is 30.5 Å². The molecule has 7 nitrogen and oxygen atoms in total. The van der Waals surface area contributed by atoms with Gasteiger partial charge in [0, 0.05) is 43.5 Å². The molecule has 30 heavy (non-hydrogen) atoms. The normalized spacial score (nSPS) is 13.4. The van der Waals surface area contributed by atoms with E-state index in [0.29, 0.717) is 25.6 Å². The Balaban J connectivity index is 1.56. The van der Waals surface area contributed by atoms with E-state index in [0.717, 1.165) is 52.1 Å². The molecule has 1 aliphatic heterocycles. The van der Waals surface area contributed by atoms with E-state index in [2.05, 4.69) is 15.7 Å². The van der Waals surface area contributed by atoms with Crippen molar-refractivity contribution in [2.45, 2.75) is 26.1 Å². The Bertz CT molecular complexity index is 1220. The molecule has 5 rings (SSSR count). The van der Waals surface area contributed by atoms with Crippen molar-refractivity contribution in [3.05, 3.63) is 76.9 Å². The highest BCUT2D eigenvalue weighted by Crippen LogP contribution is 2.25. The lowest BCUT2D eigenvalue weighted by Gasteiger charge is -2.21. The average molecular weight is 403 g/mol. The van der Waals surface area contributed by atoms with Gasteiger partial charge in [-0.25, -0.2) is 9.37 Å². The summed E-state index contributed by atoms with van der Waals surface area (Å²) in [6, 6.07) is 12.5. The first-order valence-electron chi connectivity index (χ1n) is 9.98. The van der Waals surface area contributed by atoms with Gasteiger partial charge in [0.2, 0.25) is 0 Å². The maximum Gasteiger partial charge on any atom is 0.253 e. The summed E-state index contributed by atoms with van der Waals surface area (Å²) in [5, 5.41) is 12.3. The smallest absolute Gasteiger partial charge is 0.253 e. The van der Waals surface area contributed by atoms with Crippen molar-refractivity contribution in [2.75, 3.05) is 11.9 Å². The van der Waals surface area contributed by atoms with Crippen LogP contribution in [0.1, 0.15) is 22.4 Å². The van der Waals surface area contributed by atoms with Crippen molar-refractivity contribution in [3.8, 4) is 5.95 Å². The summed E-state index contributed by atoms with van der Waals surface area (Å²) in [4.78, 5) is 9.59. The van der Waals surface area contributed by atoms with Gasteiger partial charge in [-0.1, -0.05) is 24.3 Å². The number of rotatable bonds is 5. The Labute approximate surface area is 173 Å². The topological polar surface area (TPSA) is 93.7 Å². The SMILES string of the molecule is NCc1cccc2c1cnn2-c1nc2c(c(NCc3cccc(F)c3)n1)CNCC2. The lowest BCUT2D eigenvalue weighted by molar-refractivity contribution is 0.621. The molecule has 4 aromatic rings. The fraction of sp³-hybridized carbons (Fsp3) is 0.227. The minimum atomic E-state index is -0.250. The Kier molecular flexibility index (Phi) is 4.86. The first kappa shape index (κ1) is 18.7. The maximum atomic E-state index is 13.5. The van der Waals surface area contributed by atoms with Crippen molar-refractivity contribution in [3.63, 3.8) is 0 Å². The highest BCUT2D eigenvalue weighted by atomic mass is 19.1. The van der Waals surface area contributed by atoms with Crippen molar-refractivity contribution in [2.24, 2.45) is 5.73 Å². The van der Waals surface area contributed by atoms with Crippen LogP contribution in [0.15, 0.2) is 48.7 Å². The number of benzene rings is 2. The number of halogens is 1. The quantitative estimate of drug-likeness (QED) is 0.474. The molecule has 0 unspecified atom stereocenters. The van der Waals surface area contributed by atoms with E-state index < -0.39 is 0 Å². The summed E-state index contributed by atoms with van der Waals surface area (Å²) in [5.74, 6) is 1.01. The van der Waals surface area contributed by atoms with Crippen molar-refractivity contribution in [1.82, 2.24) is 25.1 Å². The molecule has 8 heteroatoms. The molecule has 0 atom stereocenters. The number of fused-ring (bicyclic) bond motifs is 2. The molecule has 0 radical (unpaired) electrons. The number of hydrogen-bond acceptors (Lipinski definition) is 6. The van der Waals surface area contributed by atoms with Crippen LogP contribution < -0.4 is 16.4 Å². The molecule has 152 valence electrons. The molecule has 0 amide bonds. The van der Waals surface area contributed by atoms with Crippen molar-refractivity contribution >= 4 is 16.7 Å². The van der Waals surface area contributed by atoms with Crippen LogP contribution in [0.2, 0.25) is 0 Å². The highest BCUT2D eigenvalue weighted by molar-refractivity contribution is 5.83. The molecule has 0 fully saturated rings. The number of nitrogens with zero attached hydrogens (tertiary/aromatic N) is 4. The van der Waals surface area contributed by atoms with Gasteiger partial charge in [0.15, 0.2) is 0 Å². The molecule has 0 bridgehead atoms. The molecular weight excluding hydrogens is 381 g/mol. The van der Waals surface area contributed by atoms with Crippen molar-refractivity contribution in [1.29, 1.82) is 0 Å². The Morgan fingerprint density at radius 2 is 2.07 bits per heavy atom. The lowest BCUT2D eigenvalue weighted by atomic mass is 10.1. The van der Waals surface area contributed by atoms with Gasteiger partial charge in [0.1, 0.15) is 11.6 Å². The first-order valence-corrected chi connectivity index (χ1v) is 9.98. The maximum absolute atomic E-state index is 13.5. The zero-order chi connectivity index (χ0) is 20.5. The van der Waals surface area contributed by atoms with Gasteiger partial charge in [0.25, 0.3) is 5.95 Å². The molecule has 2 aromatic heterocycles. The Morgan fingerprint density at radius 3 is 2.93 bits per heavy atom. The van der Waals surface area contributed by atoms with Crippen LogP contribution in [0, 0.1) is 5.82 Å². The molecule has 0 aliphatic carbocycles. The van der Waals surface area contributed by atoms with Gasteiger partial charge >= 0.3 is 0 Å². The zero-order valence-corrected chi connectivity index (χ0v) is 16.4. The minimum Gasteiger partial charge on any atom is -0.366 e. The molecule has 4 N–H and O–H groups in total. The zero-order valence-electron chi connectivity index (χ0n) is 16.4. The fourth-order valence-corrected chi connectivity index (χ4v) is 3.85. The van der Waals surface area contributed by atoms with Gasteiger partial charge < -0.3 is 16.4 Å². The first-order chi connectivity index (χ1) is 14.7. The summed E-state index contributed by atoms with van der Waals surface area (Å²) in [7, 11) is 0. The number of nitrogens with two attached hydrogens (primary N) is 1. The second-order valence-electron chi connectivity index (χ2n) is 7.32.